The van der Waals surface area contributed by atoms with Crippen molar-refractivity contribution in [1.29, 1.82) is 0 Å². The second-order valence-electron chi connectivity index (χ2n) is 10.0. The van der Waals surface area contributed by atoms with Gasteiger partial charge in [0.15, 0.2) is 16.3 Å². The van der Waals surface area contributed by atoms with Gasteiger partial charge in [0.1, 0.15) is 6.61 Å². The minimum absolute atomic E-state index is 0.0447. The third-order valence-electron chi connectivity index (χ3n) is 7.57. The Kier molecular flexibility index (Phi) is 7.40. The number of ether oxygens (including phenoxy) is 2. The number of aromatic nitrogens is 1. The molecule has 0 spiro atoms. The fraction of sp³-hybridized carbons (Fsp3) is 0.152. The zero-order valence-corrected chi connectivity index (χ0v) is 26.4. The summed E-state index contributed by atoms with van der Waals surface area (Å²) in [6, 6.07) is 23.9. The van der Waals surface area contributed by atoms with Gasteiger partial charge in [0.25, 0.3) is 5.56 Å². The van der Waals surface area contributed by atoms with Crippen LogP contribution in [-0.4, -0.2) is 11.7 Å². The molecule has 7 rings (SSSR count). The molecule has 3 aromatic carbocycles. The van der Waals surface area contributed by atoms with Crippen LogP contribution in [0.5, 0.6) is 11.5 Å². The lowest BCUT2D eigenvalue weighted by Crippen LogP contribution is -2.38. The number of rotatable bonds is 6. The van der Waals surface area contributed by atoms with Crippen LogP contribution in [0, 0.1) is 0 Å². The van der Waals surface area contributed by atoms with Gasteiger partial charge in [0.05, 0.1) is 27.9 Å². The highest BCUT2D eigenvalue weighted by molar-refractivity contribution is 9.10. The van der Waals surface area contributed by atoms with Crippen molar-refractivity contribution in [3.8, 4) is 11.5 Å². The molecule has 0 amide bonds. The molecule has 1 aliphatic carbocycles. The van der Waals surface area contributed by atoms with E-state index in [1.54, 1.807) is 18.4 Å². The number of hydrogen-bond donors (Lipinski definition) is 0. The van der Waals surface area contributed by atoms with E-state index in [2.05, 4.69) is 51.6 Å². The number of aryl methyl sites for hydroxylation is 1. The van der Waals surface area contributed by atoms with Crippen LogP contribution in [0.2, 0.25) is 5.02 Å². The molecule has 9 heteroatoms. The third-order valence-corrected chi connectivity index (χ3v) is 10.4. The van der Waals surface area contributed by atoms with Crippen LogP contribution in [-0.2, 0) is 13.0 Å². The monoisotopic (exact) mass is 674 g/mol. The van der Waals surface area contributed by atoms with Crippen molar-refractivity contribution in [3.63, 3.8) is 0 Å². The molecular weight excluding hydrogens is 652 g/mol. The maximum absolute atomic E-state index is 14.0. The zero-order valence-electron chi connectivity index (χ0n) is 22.5. The van der Waals surface area contributed by atoms with Gasteiger partial charge in [-0.2, -0.15) is 0 Å². The highest BCUT2D eigenvalue weighted by atomic mass is 79.9. The maximum Gasteiger partial charge on any atom is 0.271 e. The Morgan fingerprint density at radius 1 is 1.10 bits per heavy atom. The molecule has 5 nitrogen and oxygen atoms in total. The number of hydrogen-bond acceptors (Lipinski definition) is 6. The summed E-state index contributed by atoms with van der Waals surface area (Å²) in [5.41, 5.74) is 6.33. The minimum atomic E-state index is -0.159. The highest BCUT2D eigenvalue weighted by Gasteiger charge is 2.33. The Morgan fingerprint density at radius 2 is 1.93 bits per heavy atom. The molecule has 2 aliphatic rings. The molecule has 5 aromatic rings. The molecule has 0 N–H and O–H groups in total. The Balaban J connectivity index is 1.31. The molecule has 210 valence electrons. The predicted molar refractivity (Wildman–Crippen MR) is 174 cm³/mol. The molecule has 0 unspecified atom stereocenters. The number of thiophene rings is 1. The van der Waals surface area contributed by atoms with E-state index in [4.69, 9.17) is 26.1 Å². The Morgan fingerprint density at radius 3 is 2.74 bits per heavy atom. The maximum atomic E-state index is 14.0. The standard InChI is InChI=1S/C33H24BrClN2O3S2/c1-39-26-16-19(15-24(34)31(26)40-18-21-8-3-5-10-25(21)35)17-28-32(38)37-30(27-11-6-14-41-27)23-13-12-20-7-2-4-9-22(20)29(23)36-33(37)42-28/h2-11,14-17,30H,12-13,18H2,1H3/b28-17-/t30-/m0/s1. The molecule has 2 aromatic heterocycles. The summed E-state index contributed by atoms with van der Waals surface area (Å²) in [4.78, 5) is 21.0. The topological polar surface area (TPSA) is 52.8 Å². The summed E-state index contributed by atoms with van der Waals surface area (Å²) in [5.74, 6) is 1.12. The smallest absolute Gasteiger partial charge is 0.271 e. The van der Waals surface area contributed by atoms with E-state index in [9.17, 15) is 4.79 Å². The van der Waals surface area contributed by atoms with Gasteiger partial charge in [0.2, 0.25) is 0 Å². The lowest BCUT2D eigenvalue weighted by atomic mass is 9.85. The van der Waals surface area contributed by atoms with Gasteiger partial charge >= 0.3 is 0 Å². The van der Waals surface area contributed by atoms with Crippen molar-refractivity contribution in [2.75, 3.05) is 7.11 Å². The van der Waals surface area contributed by atoms with Crippen molar-refractivity contribution in [3.05, 3.63) is 140 Å². The average Bonchev–Trinajstić information content (AvgIpc) is 3.64. The third kappa shape index (κ3) is 4.86. The van der Waals surface area contributed by atoms with Crippen molar-refractivity contribution in [1.82, 2.24) is 4.57 Å². The van der Waals surface area contributed by atoms with E-state index in [-0.39, 0.29) is 11.6 Å². The fourth-order valence-electron chi connectivity index (χ4n) is 5.60. The van der Waals surface area contributed by atoms with Crippen molar-refractivity contribution in [2.24, 2.45) is 4.99 Å². The molecule has 42 heavy (non-hydrogen) atoms. The first-order valence-electron chi connectivity index (χ1n) is 13.4. The van der Waals surface area contributed by atoms with Crippen LogP contribution in [0.1, 0.15) is 39.6 Å². The Bertz CT molecular complexity index is 2050. The molecule has 1 atom stereocenters. The van der Waals surface area contributed by atoms with Crippen molar-refractivity contribution < 1.29 is 9.47 Å². The van der Waals surface area contributed by atoms with E-state index < -0.39 is 0 Å². The number of methoxy groups -OCH3 is 1. The van der Waals surface area contributed by atoms with Gasteiger partial charge in [0, 0.05) is 21.0 Å². The number of benzene rings is 3. The zero-order chi connectivity index (χ0) is 28.8. The first kappa shape index (κ1) is 27.4. The summed E-state index contributed by atoms with van der Waals surface area (Å²) < 4.78 is 15.0. The predicted octanol–water partition coefficient (Wildman–Crippen LogP) is 7.38. The van der Waals surface area contributed by atoms with Gasteiger partial charge in [-0.1, -0.05) is 71.5 Å². The second kappa shape index (κ2) is 11.3. The molecular formula is C33H24BrClN2O3S2. The van der Waals surface area contributed by atoms with E-state index in [0.717, 1.165) is 39.0 Å². The second-order valence-corrected chi connectivity index (χ2v) is 13.3. The molecule has 0 fully saturated rings. The van der Waals surface area contributed by atoms with Gasteiger partial charge in [-0.05, 0) is 81.2 Å². The van der Waals surface area contributed by atoms with E-state index in [0.29, 0.717) is 32.5 Å². The molecule has 0 saturated carbocycles. The number of halogens is 2. The number of fused-ring (bicyclic) bond motifs is 3. The summed E-state index contributed by atoms with van der Waals surface area (Å²) in [7, 11) is 1.60. The first-order valence-corrected chi connectivity index (χ1v) is 16.3. The van der Waals surface area contributed by atoms with E-state index in [1.165, 1.54) is 28.0 Å². The fourth-order valence-corrected chi connectivity index (χ4v) is 8.21. The Hall–Kier alpha value is -3.43. The van der Waals surface area contributed by atoms with Crippen LogP contribution in [0.4, 0.5) is 0 Å². The number of allylic oxidation sites excluding steroid dienone is 1. The minimum Gasteiger partial charge on any atom is -0.493 e. The van der Waals surface area contributed by atoms with Crippen LogP contribution in [0.25, 0.3) is 11.8 Å². The normalized spacial score (nSPS) is 16.0. The SMILES string of the molecule is COc1cc(/C=c2\sc3n(c2=O)[C@H](c2cccs2)C2=C(N=3)c3ccccc3CC2)cc(Br)c1OCc1ccccc1Cl. The molecule has 0 radical (unpaired) electrons. The highest BCUT2D eigenvalue weighted by Crippen LogP contribution is 2.42. The lowest BCUT2D eigenvalue weighted by molar-refractivity contribution is 0.282. The average molecular weight is 676 g/mol. The van der Waals surface area contributed by atoms with Crippen molar-refractivity contribution >= 4 is 62.0 Å². The number of thiazole rings is 1. The van der Waals surface area contributed by atoms with Gasteiger partial charge in [-0.15, -0.1) is 11.3 Å². The van der Waals surface area contributed by atoms with Crippen LogP contribution in [0.3, 0.4) is 0 Å². The largest absolute Gasteiger partial charge is 0.493 e. The molecule has 0 bridgehead atoms. The summed E-state index contributed by atoms with van der Waals surface area (Å²) in [6.07, 6.45) is 3.72. The van der Waals surface area contributed by atoms with Gasteiger partial charge < -0.3 is 9.47 Å². The molecule has 1 aliphatic heterocycles. The lowest BCUT2D eigenvalue weighted by Gasteiger charge is -2.30. The molecule has 3 heterocycles. The summed E-state index contributed by atoms with van der Waals surface area (Å²) >= 11 is 13.1. The van der Waals surface area contributed by atoms with Gasteiger partial charge in [-0.3, -0.25) is 9.36 Å². The van der Waals surface area contributed by atoms with E-state index >= 15 is 0 Å². The van der Waals surface area contributed by atoms with Crippen LogP contribution < -0.4 is 24.4 Å². The first-order chi connectivity index (χ1) is 20.5. The van der Waals surface area contributed by atoms with E-state index in [1.807, 2.05) is 53.1 Å². The number of nitrogens with zero attached hydrogens (tertiary/aromatic N) is 2. The van der Waals surface area contributed by atoms with Crippen LogP contribution >= 0.6 is 50.2 Å². The Labute approximate surface area is 263 Å². The molecule has 0 saturated heterocycles. The summed E-state index contributed by atoms with van der Waals surface area (Å²) in [5, 5.41) is 2.71. The van der Waals surface area contributed by atoms with Gasteiger partial charge in [-0.25, -0.2) is 4.99 Å². The summed E-state index contributed by atoms with van der Waals surface area (Å²) in [6.45, 7) is 0.295. The van der Waals surface area contributed by atoms with Crippen LogP contribution in [0.15, 0.2) is 98.0 Å². The van der Waals surface area contributed by atoms with Crippen molar-refractivity contribution in [2.45, 2.75) is 25.5 Å². The quantitative estimate of drug-likeness (QED) is 0.189.